The Bertz CT molecular complexity index is 457. The van der Waals surface area contributed by atoms with E-state index in [2.05, 4.69) is 21.4 Å². The summed E-state index contributed by atoms with van der Waals surface area (Å²) in [4.78, 5) is 8.87. The number of aromatic nitrogens is 2. The number of aliphatic hydroxyl groups is 1. The van der Waals surface area contributed by atoms with Crippen molar-refractivity contribution in [2.24, 2.45) is 0 Å². The third-order valence-electron chi connectivity index (χ3n) is 3.02. The zero-order valence-electron chi connectivity index (χ0n) is 8.23. The number of rotatable bonds is 3. The predicted octanol–water partition coefficient (Wildman–Crippen LogP) is 2.16. The number of H-pyrrole nitrogens is 1. The van der Waals surface area contributed by atoms with Crippen LogP contribution in [0.15, 0.2) is 23.7 Å². The van der Waals surface area contributed by atoms with Gasteiger partial charge in [-0.1, -0.05) is 6.07 Å². The molecule has 0 bridgehead atoms. The van der Waals surface area contributed by atoms with Crippen LogP contribution >= 0.6 is 11.3 Å². The standard InChI is InChI=1S/C11H12N2OS/c14-7-11(3-4-11)10-12-6-8(13-10)9-2-1-5-15-9/h1-2,5-6,14H,3-4,7H2,(H,12,13). The molecule has 1 aliphatic rings. The number of aliphatic hydroxyl groups excluding tert-OH is 1. The Morgan fingerprint density at radius 2 is 2.40 bits per heavy atom. The number of hydrogen-bond acceptors (Lipinski definition) is 3. The number of thiophene rings is 1. The van der Waals surface area contributed by atoms with Crippen LogP contribution in [0.3, 0.4) is 0 Å². The Kier molecular flexibility index (Phi) is 1.94. The molecule has 0 unspecified atom stereocenters. The quantitative estimate of drug-likeness (QED) is 0.832. The third-order valence-corrected chi connectivity index (χ3v) is 3.92. The van der Waals surface area contributed by atoms with E-state index >= 15 is 0 Å². The van der Waals surface area contributed by atoms with Crippen molar-refractivity contribution in [1.82, 2.24) is 9.97 Å². The van der Waals surface area contributed by atoms with Gasteiger partial charge in [0, 0.05) is 0 Å². The monoisotopic (exact) mass is 220 g/mol. The van der Waals surface area contributed by atoms with E-state index in [1.807, 2.05) is 12.3 Å². The van der Waals surface area contributed by atoms with Crippen LogP contribution in [-0.4, -0.2) is 21.7 Å². The van der Waals surface area contributed by atoms with Gasteiger partial charge in [0.15, 0.2) is 0 Å². The molecule has 4 heteroatoms. The Morgan fingerprint density at radius 1 is 1.53 bits per heavy atom. The molecule has 78 valence electrons. The number of imidazole rings is 1. The average Bonchev–Trinajstić information content (AvgIpc) is 2.74. The minimum Gasteiger partial charge on any atom is -0.395 e. The van der Waals surface area contributed by atoms with Crippen LogP contribution < -0.4 is 0 Å². The summed E-state index contributed by atoms with van der Waals surface area (Å²) in [5, 5.41) is 11.3. The molecule has 3 nitrogen and oxygen atoms in total. The van der Waals surface area contributed by atoms with E-state index in [0.29, 0.717) is 0 Å². The van der Waals surface area contributed by atoms with Gasteiger partial charge < -0.3 is 10.1 Å². The Hall–Kier alpha value is -1.13. The average molecular weight is 220 g/mol. The van der Waals surface area contributed by atoms with E-state index in [9.17, 15) is 5.11 Å². The number of aromatic amines is 1. The van der Waals surface area contributed by atoms with Crippen molar-refractivity contribution in [3.63, 3.8) is 0 Å². The van der Waals surface area contributed by atoms with E-state index in [1.165, 1.54) is 4.88 Å². The van der Waals surface area contributed by atoms with Gasteiger partial charge in [-0.25, -0.2) is 4.98 Å². The highest BCUT2D eigenvalue weighted by molar-refractivity contribution is 7.13. The largest absolute Gasteiger partial charge is 0.395 e. The van der Waals surface area contributed by atoms with Gasteiger partial charge in [0.1, 0.15) is 5.82 Å². The second-order valence-electron chi connectivity index (χ2n) is 4.06. The molecule has 1 saturated carbocycles. The molecule has 2 aromatic rings. The Balaban J connectivity index is 1.95. The number of hydrogen-bond donors (Lipinski definition) is 2. The maximum Gasteiger partial charge on any atom is 0.115 e. The fourth-order valence-corrected chi connectivity index (χ4v) is 2.46. The maximum absolute atomic E-state index is 9.29. The minimum absolute atomic E-state index is 0.0600. The van der Waals surface area contributed by atoms with Crippen molar-refractivity contribution in [2.75, 3.05) is 6.61 Å². The highest BCUT2D eigenvalue weighted by Gasteiger charge is 2.46. The summed E-state index contributed by atoms with van der Waals surface area (Å²) in [7, 11) is 0. The van der Waals surface area contributed by atoms with Gasteiger partial charge in [0.05, 0.1) is 28.8 Å². The smallest absolute Gasteiger partial charge is 0.115 e. The molecule has 1 aliphatic carbocycles. The fourth-order valence-electron chi connectivity index (χ4n) is 1.77. The highest BCUT2D eigenvalue weighted by Crippen LogP contribution is 2.46. The second-order valence-corrected chi connectivity index (χ2v) is 5.01. The predicted molar refractivity (Wildman–Crippen MR) is 59.9 cm³/mol. The first-order valence-electron chi connectivity index (χ1n) is 5.04. The topological polar surface area (TPSA) is 48.9 Å². The van der Waals surface area contributed by atoms with Gasteiger partial charge in [-0.05, 0) is 24.3 Å². The normalized spacial score (nSPS) is 17.9. The van der Waals surface area contributed by atoms with Gasteiger partial charge in [-0.15, -0.1) is 11.3 Å². The van der Waals surface area contributed by atoms with Crippen LogP contribution in [0, 0.1) is 0 Å². The van der Waals surface area contributed by atoms with Gasteiger partial charge in [-0.3, -0.25) is 0 Å². The first-order chi connectivity index (χ1) is 7.34. The van der Waals surface area contributed by atoms with Crippen molar-refractivity contribution in [2.45, 2.75) is 18.3 Å². The van der Waals surface area contributed by atoms with Gasteiger partial charge >= 0.3 is 0 Å². The zero-order chi connectivity index (χ0) is 10.3. The lowest BCUT2D eigenvalue weighted by atomic mass is 10.1. The van der Waals surface area contributed by atoms with Crippen LogP contribution in [0.25, 0.3) is 10.6 Å². The van der Waals surface area contributed by atoms with Crippen LogP contribution in [0.2, 0.25) is 0 Å². The third kappa shape index (κ3) is 1.41. The fraction of sp³-hybridized carbons (Fsp3) is 0.364. The lowest BCUT2D eigenvalue weighted by molar-refractivity contribution is 0.250. The zero-order valence-corrected chi connectivity index (χ0v) is 9.05. The molecule has 0 atom stereocenters. The summed E-state index contributed by atoms with van der Waals surface area (Å²) in [5.41, 5.74) is 0.995. The molecule has 0 spiro atoms. The number of nitrogens with zero attached hydrogens (tertiary/aromatic N) is 1. The van der Waals surface area contributed by atoms with E-state index in [0.717, 1.165) is 24.4 Å². The summed E-state index contributed by atoms with van der Waals surface area (Å²) in [6, 6.07) is 4.10. The second kappa shape index (κ2) is 3.18. The molecule has 2 heterocycles. The van der Waals surface area contributed by atoms with Crippen molar-refractivity contribution in [3.05, 3.63) is 29.5 Å². The van der Waals surface area contributed by atoms with Crippen LogP contribution in [0.5, 0.6) is 0 Å². The molecule has 0 saturated heterocycles. The maximum atomic E-state index is 9.29. The van der Waals surface area contributed by atoms with Crippen molar-refractivity contribution in [1.29, 1.82) is 0 Å². The molecule has 1 fully saturated rings. The van der Waals surface area contributed by atoms with Crippen molar-refractivity contribution >= 4 is 11.3 Å². The molecule has 15 heavy (non-hydrogen) atoms. The first-order valence-corrected chi connectivity index (χ1v) is 5.92. The summed E-state index contributed by atoms with van der Waals surface area (Å²) in [6.07, 6.45) is 3.94. The minimum atomic E-state index is -0.0600. The summed E-state index contributed by atoms with van der Waals surface area (Å²) >= 11 is 1.69. The molecule has 2 aromatic heterocycles. The van der Waals surface area contributed by atoms with Crippen LogP contribution in [-0.2, 0) is 5.41 Å². The summed E-state index contributed by atoms with van der Waals surface area (Å²) < 4.78 is 0. The molecular formula is C11H12N2OS. The van der Waals surface area contributed by atoms with Gasteiger partial charge in [0.2, 0.25) is 0 Å². The van der Waals surface area contributed by atoms with E-state index < -0.39 is 0 Å². The number of nitrogens with one attached hydrogen (secondary N) is 1. The Labute approximate surface area is 91.8 Å². The lowest BCUT2D eigenvalue weighted by Gasteiger charge is -2.06. The molecule has 0 radical (unpaired) electrons. The van der Waals surface area contributed by atoms with Crippen LogP contribution in [0.1, 0.15) is 18.7 Å². The molecule has 2 N–H and O–H groups in total. The van der Waals surface area contributed by atoms with E-state index in [-0.39, 0.29) is 12.0 Å². The van der Waals surface area contributed by atoms with E-state index in [1.54, 1.807) is 11.3 Å². The van der Waals surface area contributed by atoms with Crippen molar-refractivity contribution < 1.29 is 5.11 Å². The molecule has 0 amide bonds. The molecular weight excluding hydrogens is 208 g/mol. The SMILES string of the molecule is OCC1(c2ncc(-c3cccs3)[nH]2)CC1. The van der Waals surface area contributed by atoms with Crippen LogP contribution in [0.4, 0.5) is 0 Å². The first kappa shape index (κ1) is 9.12. The summed E-state index contributed by atoms with van der Waals surface area (Å²) in [6.45, 7) is 0.199. The lowest BCUT2D eigenvalue weighted by Crippen LogP contribution is -2.13. The van der Waals surface area contributed by atoms with Crippen molar-refractivity contribution in [3.8, 4) is 10.6 Å². The van der Waals surface area contributed by atoms with Gasteiger partial charge in [0.25, 0.3) is 0 Å². The van der Waals surface area contributed by atoms with Gasteiger partial charge in [-0.2, -0.15) is 0 Å². The highest BCUT2D eigenvalue weighted by atomic mass is 32.1. The summed E-state index contributed by atoms with van der Waals surface area (Å²) in [5.74, 6) is 0.938. The Morgan fingerprint density at radius 3 is 3.00 bits per heavy atom. The van der Waals surface area contributed by atoms with E-state index in [4.69, 9.17) is 0 Å². The molecule has 0 aromatic carbocycles. The molecule has 0 aliphatic heterocycles. The molecule has 3 rings (SSSR count).